The molecule has 0 amide bonds. The van der Waals surface area contributed by atoms with Crippen molar-refractivity contribution < 1.29 is 43.1 Å². The van der Waals surface area contributed by atoms with Crippen molar-refractivity contribution in [2.24, 2.45) is 5.92 Å². The fourth-order valence-electron chi connectivity index (χ4n) is 3.11. The van der Waals surface area contributed by atoms with E-state index in [4.69, 9.17) is 18.7 Å². The van der Waals surface area contributed by atoms with Crippen molar-refractivity contribution in [1.82, 2.24) is 9.55 Å². The van der Waals surface area contributed by atoms with E-state index in [0.717, 1.165) is 4.57 Å². The van der Waals surface area contributed by atoms with Gasteiger partial charge in [-0.25, -0.2) is 4.79 Å². The summed E-state index contributed by atoms with van der Waals surface area (Å²) in [7, 11) is -1.11. The highest BCUT2D eigenvalue weighted by atomic mass is 32.7. The van der Waals surface area contributed by atoms with Crippen molar-refractivity contribution in [3.63, 3.8) is 0 Å². The quantitative estimate of drug-likeness (QED) is 0.143. The molecule has 1 aliphatic rings. The van der Waals surface area contributed by atoms with Gasteiger partial charge >= 0.3 is 24.9 Å². The molecule has 0 aliphatic carbocycles. The molecule has 1 aromatic rings. The van der Waals surface area contributed by atoms with Crippen molar-refractivity contribution in [2.45, 2.75) is 37.9 Å². The number of nitrogens with one attached hydrogen (secondary N) is 1. The maximum atomic E-state index is 12.4. The van der Waals surface area contributed by atoms with E-state index in [-0.39, 0.29) is 18.8 Å². The summed E-state index contributed by atoms with van der Waals surface area (Å²) in [5.74, 6) is -5.08. The lowest BCUT2D eigenvalue weighted by molar-refractivity contribution is -0.157. The number of carbonyl (C=O) groups is 2. The zero-order valence-corrected chi connectivity index (χ0v) is 18.3. The normalized spacial score (nSPS) is 23.8. The lowest BCUT2D eigenvalue weighted by Gasteiger charge is -2.22. The third kappa shape index (κ3) is 6.21. The van der Waals surface area contributed by atoms with Crippen LogP contribution in [-0.4, -0.2) is 70.3 Å². The lowest BCUT2D eigenvalue weighted by atomic mass is 9.97. The van der Waals surface area contributed by atoms with Gasteiger partial charge in [-0.2, -0.15) is 0 Å². The second-order valence-corrected chi connectivity index (χ2v) is 8.31. The molecule has 1 aromatic heterocycles. The van der Waals surface area contributed by atoms with Crippen LogP contribution >= 0.6 is 19.5 Å². The number of thiol groups is 1. The van der Waals surface area contributed by atoms with Gasteiger partial charge in [0.1, 0.15) is 18.4 Å². The minimum atomic E-state index is -2.53. The number of H-pyrrole nitrogens is 1. The Bertz CT molecular complexity index is 934. The molecule has 2 heterocycles. The first-order valence-electron chi connectivity index (χ1n) is 8.93. The number of aromatic amines is 1. The zero-order valence-electron chi connectivity index (χ0n) is 16.5. The Morgan fingerprint density at radius 2 is 1.94 bits per heavy atom. The summed E-state index contributed by atoms with van der Waals surface area (Å²) in [6.45, 7) is 1.58. The van der Waals surface area contributed by atoms with E-state index in [2.05, 4.69) is 17.2 Å². The highest BCUT2D eigenvalue weighted by Crippen LogP contribution is 2.42. The Labute approximate surface area is 181 Å². The Morgan fingerprint density at radius 3 is 2.48 bits per heavy atom. The first kappa shape index (κ1) is 25.2. The fraction of sp³-hybridized carbons (Fsp3) is 0.625. The average Bonchev–Trinajstić information content (AvgIpc) is 2.99. The summed E-state index contributed by atoms with van der Waals surface area (Å²) in [4.78, 5) is 48.9. The van der Waals surface area contributed by atoms with Crippen LogP contribution in [0.15, 0.2) is 15.8 Å². The second-order valence-electron chi connectivity index (χ2n) is 6.64. The number of nitrogens with zero attached hydrogens (tertiary/aromatic N) is 1. The topological polar surface area (TPSA) is 183 Å². The van der Waals surface area contributed by atoms with Crippen molar-refractivity contribution in [3.05, 3.63) is 32.6 Å². The Balaban J connectivity index is 2.49. The second kappa shape index (κ2) is 11.0. The molecular weight excluding hydrogens is 459 g/mol. The molecule has 1 aliphatic heterocycles. The number of methoxy groups -OCH3 is 1. The van der Waals surface area contributed by atoms with Gasteiger partial charge in [0.05, 0.1) is 19.3 Å². The number of hydrogen-bond acceptors (Lipinski definition) is 9. The SMILES string of the molecule is COCCOC1C(O[P+](=O)S)C(CC(C(=O)O)C(=O)O)OC1n1cc(C)c(=O)[nH]c1=O. The lowest BCUT2D eigenvalue weighted by Crippen LogP contribution is -2.41. The maximum Gasteiger partial charge on any atom is 0.582 e. The van der Waals surface area contributed by atoms with Gasteiger partial charge in [0.15, 0.2) is 18.2 Å². The van der Waals surface area contributed by atoms with E-state index in [1.807, 2.05) is 0 Å². The molecule has 5 unspecified atom stereocenters. The first-order valence-corrected chi connectivity index (χ1v) is 11.3. The molecule has 1 saturated heterocycles. The van der Waals surface area contributed by atoms with Crippen LogP contribution in [-0.2, 0) is 32.9 Å². The largest absolute Gasteiger partial charge is 0.582 e. The van der Waals surface area contributed by atoms with Crippen molar-refractivity contribution in [2.75, 3.05) is 20.3 Å². The van der Waals surface area contributed by atoms with Crippen LogP contribution in [0.4, 0.5) is 0 Å². The fourth-order valence-corrected chi connectivity index (χ4v) is 3.90. The number of rotatable bonds is 11. The summed E-state index contributed by atoms with van der Waals surface area (Å²) < 4.78 is 34.4. The van der Waals surface area contributed by atoms with Gasteiger partial charge in [0.2, 0.25) is 0 Å². The van der Waals surface area contributed by atoms with Gasteiger partial charge in [-0.15, -0.1) is 4.52 Å². The van der Waals surface area contributed by atoms with Crippen LogP contribution in [0.2, 0.25) is 0 Å². The van der Waals surface area contributed by atoms with Gasteiger partial charge < -0.3 is 24.4 Å². The summed E-state index contributed by atoms with van der Waals surface area (Å²) in [5, 5.41) is 18.4. The predicted octanol–water partition coefficient (Wildman–Crippen LogP) is -0.0781. The molecular formula is C16H22N2O11PS+. The van der Waals surface area contributed by atoms with Gasteiger partial charge in [0, 0.05) is 25.3 Å². The molecule has 0 saturated carbocycles. The molecule has 3 N–H and O–H groups in total. The number of aromatic nitrogens is 2. The predicted molar refractivity (Wildman–Crippen MR) is 106 cm³/mol. The molecule has 13 nitrogen and oxygen atoms in total. The monoisotopic (exact) mass is 481 g/mol. The summed E-state index contributed by atoms with van der Waals surface area (Å²) in [6.07, 6.45) is -4.20. The van der Waals surface area contributed by atoms with Crippen LogP contribution in [0.1, 0.15) is 18.2 Å². The average molecular weight is 481 g/mol. The van der Waals surface area contributed by atoms with Crippen molar-refractivity contribution in [3.8, 4) is 0 Å². The van der Waals surface area contributed by atoms with Gasteiger partial charge in [-0.1, -0.05) is 0 Å². The molecule has 172 valence electrons. The number of aryl methyl sites for hydroxylation is 1. The van der Waals surface area contributed by atoms with Crippen LogP contribution < -0.4 is 11.2 Å². The van der Waals surface area contributed by atoms with Gasteiger partial charge in [-0.3, -0.25) is 23.9 Å². The van der Waals surface area contributed by atoms with Crippen LogP contribution in [0.5, 0.6) is 0 Å². The minimum absolute atomic E-state index is 0.00463. The number of aliphatic carboxylic acids is 2. The molecule has 5 atom stereocenters. The maximum absolute atomic E-state index is 12.4. The molecule has 0 bridgehead atoms. The molecule has 15 heteroatoms. The summed E-state index contributed by atoms with van der Waals surface area (Å²) in [5.41, 5.74) is -1.28. The third-order valence-corrected chi connectivity index (χ3v) is 5.29. The van der Waals surface area contributed by atoms with Crippen molar-refractivity contribution in [1.29, 1.82) is 0 Å². The number of ether oxygens (including phenoxy) is 3. The third-order valence-electron chi connectivity index (χ3n) is 4.58. The Morgan fingerprint density at radius 1 is 1.29 bits per heavy atom. The minimum Gasteiger partial charge on any atom is -0.481 e. The summed E-state index contributed by atoms with van der Waals surface area (Å²) in [6, 6.07) is 0. The van der Waals surface area contributed by atoms with Crippen LogP contribution in [0.3, 0.4) is 0 Å². The van der Waals surface area contributed by atoms with Gasteiger partial charge in [-0.05, 0) is 11.5 Å². The number of carboxylic acids is 2. The van der Waals surface area contributed by atoms with E-state index in [1.165, 1.54) is 20.2 Å². The van der Waals surface area contributed by atoms with Gasteiger partial charge in [0.25, 0.3) is 5.56 Å². The molecule has 0 aromatic carbocycles. The Kier molecular flexibility index (Phi) is 8.91. The zero-order chi connectivity index (χ0) is 23.3. The van der Waals surface area contributed by atoms with Crippen LogP contribution in [0, 0.1) is 12.8 Å². The van der Waals surface area contributed by atoms with E-state index in [9.17, 15) is 34.0 Å². The number of carboxylic acid groups (broad SMARTS) is 2. The molecule has 31 heavy (non-hydrogen) atoms. The highest BCUT2D eigenvalue weighted by molar-refractivity contribution is 8.39. The number of hydrogen-bond donors (Lipinski definition) is 4. The van der Waals surface area contributed by atoms with E-state index < -0.39 is 67.3 Å². The Hall–Kier alpha value is -2.09. The summed E-state index contributed by atoms with van der Waals surface area (Å²) >= 11 is 3.71. The van der Waals surface area contributed by atoms with E-state index >= 15 is 0 Å². The van der Waals surface area contributed by atoms with E-state index in [0.29, 0.717) is 0 Å². The van der Waals surface area contributed by atoms with E-state index in [1.54, 1.807) is 0 Å². The van der Waals surface area contributed by atoms with Crippen LogP contribution in [0.25, 0.3) is 0 Å². The molecule has 0 spiro atoms. The smallest absolute Gasteiger partial charge is 0.481 e. The standard InChI is InChI=1S/C16H21N2O11PS/c1-7-6-18(16(24)17-12(7)19)13-11(27-4-3-26-2)10(29-30(25)31)9(28-13)5-8(14(20)21)15(22)23/h6,8-11,13H,3-5H2,1-2H3,(H3-,17,19,20,21,22,23,24,25,31)/p+1. The first-order chi connectivity index (χ1) is 14.6. The highest BCUT2D eigenvalue weighted by Gasteiger charge is 2.53. The molecule has 0 radical (unpaired) electrons. The van der Waals surface area contributed by atoms with Crippen molar-refractivity contribution >= 4 is 31.4 Å². The molecule has 1 fully saturated rings. The molecule has 2 rings (SSSR count).